The number of halogens is 1. The van der Waals surface area contributed by atoms with Crippen LogP contribution in [0, 0.1) is 25.6 Å². The van der Waals surface area contributed by atoms with Crippen molar-refractivity contribution in [3.05, 3.63) is 119 Å². The van der Waals surface area contributed by atoms with E-state index in [-0.39, 0.29) is 79.9 Å². The summed E-state index contributed by atoms with van der Waals surface area (Å²) in [5, 5.41) is 33.5. The fourth-order valence-corrected chi connectivity index (χ4v) is 11.8. The van der Waals surface area contributed by atoms with Crippen molar-refractivity contribution in [3.63, 3.8) is 0 Å². The zero-order valence-electron chi connectivity index (χ0n) is 50.5. The molecule has 2 aromatic carbocycles. The molecular weight excluding hydrogens is 1170 g/mol. The summed E-state index contributed by atoms with van der Waals surface area (Å²) in [6.07, 6.45) is 8.31. The summed E-state index contributed by atoms with van der Waals surface area (Å²) in [7, 11) is 0. The van der Waals surface area contributed by atoms with Gasteiger partial charge in [0.1, 0.15) is 23.5 Å². The smallest absolute Gasteiger partial charge is 0.254 e. The van der Waals surface area contributed by atoms with Crippen molar-refractivity contribution >= 4 is 58.0 Å². The van der Waals surface area contributed by atoms with Crippen molar-refractivity contribution < 1.29 is 56.9 Å². The molecule has 0 radical (unpaired) electrons. The summed E-state index contributed by atoms with van der Waals surface area (Å²) < 4.78 is 45.6. The minimum atomic E-state index is -0.975. The van der Waals surface area contributed by atoms with Gasteiger partial charge in [-0.15, -0.1) is 11.3 Å². The molecular formula is C62H77FN14O11S. The number of amides is 5. The van der Waals surface area contributed by atoms with Gasteiger partial charge in [-0.3, -0.25) is 38.4 Å². The van der Waals surface area contributed by atoms with Crippen molar-refractivity contribution in [1.82, 2.24) is 65.4 Å². The van der Waals surface area contributed by atoms with Gasteiger partial charge >= 0.3 is 0 Å². The van der Waals surface area contributed by atoms with Crippen LogP contribution in [0.3, 0.4) is 0 Å². The average Bonchev–Trinajstić information content (AvgIpc) is 2.14. The lowest BCUT2D eigenvalue weighted by atomic mass is 9.91. The predicted octanol–water partition coefficient (Wildman–Crippen LogP) is 5.31. The van der Waals surface area contributed by atoms with Crippen LogP contribution >= 0.6 is 11.3 Å². The Morgan fingerprint density at radius 2 is 1.54 bits per heavy atom. The fourth-order valence-electron chi connectivity index (χ4n) is 11.0. The highest BCUT2D eigenvalue weighted by Crippen LogP contribution is 2.41. The predicted molar refractivity (Wildman–Crippen MR) is 327 cm³/mol. The fraction of sp³-hybridized carbons (Fsp3) is 0.484. The Morgan fingerprint density at radius 1 is 0.843 bits per heavy atom. The summed E-state index contributed by atoms with van der Waals surface area (Å²) in [4.78, 5) is 87.6. The molecule has 2 saturated heterocycles. The highest BCUT2D eigenvalue weighted by atomic mass is 32.1. The Balaban J connectivity index is 0.563. The van der Waals surface area contributed by atoms with Crippen LogP contribution in [-0.4, -0.2) is 201 Å². The van der Waals surface area contributed by atoms with E-state index in [9.17, 15) is 29.1 Å². The van der Waals surface area contributed by atoms with Crippen LogP contribution in [0.2, 0.25) is 0 Å². The number of aliphatic hydroxyl groups excluding tert-OH is 1. The maximum atomic E-state index is 15.7. The van der Waals surface area contributed by atoms with Crippen LogP contribution in [0.25, 0.3) is 27.3 Å². The average molecular weight is 1250 g/mol. The van der Waals surface area contributed by atoms with E-state index in [1.165, 1.54) is 22.3 Å². The number of nitrogens with zero attached hydrogens (tertiary/aromatic N) is 9. The van der Waals surface area contributed by atoms with Gasteiger partial charge in [-0.05, 0) is 61.9 Å². The number of aryl methyl sites for hydroxylation is 2. The molecule has 25 nitrogen and oxygen atoms in total. The summed E-state index contributed by atoms with van der Waals surface area (Å²) >= 11 is 1.52. The second-order valence-corrected chi connectivity index (χ2v) is 23.6. The lowest BCUT2D eigenvalue weighted by Gasteiger charge is -2.34. The number of aromatic nitrogens is 7. The van der Waals surface area contributed by atoms with Gasteiger partial charge in [0.15, 0.2) is 11.5 Å². The summed E-state index contributed by atoms with van der Waals surface area (Å²) in [6, 6.07) is 12.0. The van der Waals surface area contributed by atoms with Crippen LogP contribution < -0.4 is 21.3 Å². The van der Waals surface area contributed by atoms with E-state index in [0.29, 0.717) is 113 Å². The second-order valence-electron chi connectivity index (χ2n) is 22.8. The molecule has 1 aliphatic carbocycles. The molecule has 89 heavy (non-hydrogen) atoms. The number of thiazole rings is 1. The van der Waals surface area contributed by atoms with E-state index >= 15 is 4.39 Å². The van der Waals surface area contributed by atoms with Gasteiger partial charge in [0.25, 0.3) is 5.91 Å². The maximum Gasteiger partial charge on any atom is 0.254 e. The van der Waals surface area contributed by atoms with E-state index in [2.05, 4.69) is 46.6 Å². The molecule has 5 aromatic heterocycles. The normalized spacial score (nSPS) is 16.9. The van der Waals surface area contributed by atoms with Crippen molar-refractivity contribution in [3.8, 4) is 21.7 Å². The molecule has 7 aromatic rings. The van der Waals surface area contributed by atoms with Gasteiger partial charge < -0.3 is 59.6 Å². The number of H-pyrrole nitrogens is 1. The van der Waals surface area contributed by atoms with E-state index in [4.69, 9.17) is 28.5 Å². The van der Waals surface area contributed by atoms with Gasteiger partial charge in [-0.1, -0.05) is 43.3 Å². The van der Waals surface area contributed by atoms with Gasteiger partial charge in [-0.2, -0.15) is 5.10 Å². The first-order valence-electron chi connectivity index (χ1n) is 30.2. The van der Waals surface area contributed by atoms with Crippen LogP contribution in [0.1, 0.15) is 96.2 Å². The van der Waals surface area contributed by atoms with Crippen LogP contribution in [-0.2, 0) is 38.1 Å². The minimum Gasteiger partial charge on any atom is -0.391 e. The number of piperazine rings is 1. The summed E-state index contributed by atoms with van der Waals surface area (Å²) in [6.45, 7) is 12.4. The molecule has 10 rings (SSSR count). The molecule has 0 unspecified atom stereocenters. The van der Waals surface area contributed by atoms with Crippen molar-refractivity contribution in [2.75, 3.05) is 111 Å². The molecule has 3 fully saturated rings. The monoisotopic (exact) mass is 1240 g/mol. The third-order valence-corrected chi connectivity index (χ3v) is 16.8. The van der Waals surface area contributed by atoms with Crippen molar-refractivity contribution in [1.29, 1.82) is 0 Å². The van der Waals surface area contributed by atoms with Gasteiger partial charge in [0, 0.05) is 87.7 Å². The summed E-state index contributed by atoms with van der Waals surface area (Å²) in [5.74, 6) is -1.92. The molecule has 3 aliphatic rings. The molecule has 7 heterocycles. The van der Waals surface area contributed by atoms with Crippen LogP contribution in [0.5, 0.6) is 0 Å². The zero-order valence-corrected chi connectivity index (χ0v) is 51.3. The number of aliphatic hydroxyl groups is 1. The maximum absolute atomic E-state index is 15.7. The SMILES string of the molecule is Cc1cc([C@H](C(=O)N2C[C@H](O)C[C@H]2C(=O)N[C@@H](CC(=O)NCCOCCOCCOCCOCCNC(=O)CN2CCN(C(=O)c3ccc(Nc4nc(C5CC5)cn5c(-c6cn[nH]c6)cnc45)c(F)c3)CC2)c2ccc(-c3scnc3C)cc2)C(C)C)on1. The number of imidazole rings is 1. The van der Waals surface area contributed by atoms with Crippen LogP contribution in [0.4, 0.5) is 15.9 Å². The minimum absolute atomic E-state index is 0.0207. The van der Waals surface area contributed by atoms with E-state index in [1.807, 2.05) is 60.5 Å². The van der Waals surface area contributed by atoms with Gasteiger partial charge in [0.2, 0.25) is 23.6 Å². The largest absolute Gasteiger partial charge is 0.391 e. The molecule has 0 bridgehead atoms. The third-order valence-electron chi connectivity index (χ3n) is 15.8. The number of nitrogens with one attached hydrogen (secondary N) is 5. The number of fused-ring (bicyclic) bond motifs is 1. The number of hydrogen-bond acceptors (Lipinski definition) is 19. The number of anilines is 2. The molecule has 0 spiro atoms. The van der Waals surface area contributed by atoms with Crippen molar-refractivity contribution in [2.24, 2.45) is 5.92 Å². The van der Waals surface area contributed by atoms with Crippen LogP contribution in [0.15, 0.2) is 83.4 Å². The topological polar surface area (TPSA) is 298 Å². The molecule has 27 heteroatoms. The van der Waals surface area contributed by atoms with E-state index in [1.54, 1.807) is 54.1 Å². The van der Waals surface area contributed by atoms with Crippen molar-refractivity contribution in [2.45, 2.75) is 83.4 Å². The Kier molecular flexibility index (Phi) is 21.9. The summed E-state index contributed by atoms with van der Waals surface area (Å²) in [5.41, 5.74) is 8.48. The number of benzene rings is 2. The van der Waals surface area contributed by atoms with E-state index in [0.717, 1.165) is 45.9 Å². The lowest BCUT2D eigenvalue weighted by Crippen LogP contribution is -2.51. The first-order valence-corrected chi connectivity index (χ1v) is 31.1. The van der Waals surface area contributed by atoms with Gasteiger partial charge in [0.05, 0.1) is 129 Å². The first-order chi connectivity index (χ1) is 43.2. The third kappa shape index (κ3) is 16.8. The molecule has 2 aliphatic heterocycles. The number of likely N-dealkylation sites (tertiary alicyclic amines) is 1. The first kappa shape index (κ1) is 64.0. The molecule has 4 atom stereocenters. The number of ether oxygens (including phenoxy) is 4. The number of carbonyl (C=O) groups is 5. The highest BCUT2D eigenvalue weighted by molar-refractivity contribution is 7.13. The Morgan fingerprint density at radius 3 is 2.16 bits per heavy atom. The molecule has 474 valence electrons. The Bertz CT molecular complexity index is 3510. The number of β-amino-alcohol motifs (C(OH)–C–C–N with tert-alkyl or cyclic N) is 1. The van der Waals surface area contributed by atoms with Gasteiger partial charge in [-0.25, -0.2) is 19.3 Å². The Hall–Kier alpha value is -8.05. The number of carbonyl (C=O) groups excluding carboxylic acids is 5. The Labute approximate surface area is 518 Å². The highest BCUT2D eigenvalue weighted by Gasteiger charge is 2.44. The van der Waals surface area contributed by atoms with E-state index < -0.39 is 35.8 Å². The quantitative estimate of drug-likeness (QED) is 0.0300. The zero-order chi connectivity index (χ0) is 62.4. The number of rotatable bonds is 31. The number of aromatic amines is 1. The molecule has 1 saturated carbocycles. The lowest BCUT2D eigenvalue weighted by molar-refractivity contribution is -0.141. The second kappa shape index (κ2) is 30.4. The molecule has 5 amide bonds. The molecule has 6 N–H and O–H groups in total. The number of hydrogen-bond donors (Lipinski definition) is 6. The standard InChI is InChI=1S/C62H77FN14O11S/c1-38(2)56(53-27-39(3)73-88-53)62(83)77-34-46(78)29-51(77)60(81)72-49(41-7-9-43(10-8-41)57-40(4)67-37-89-57)30-54(79)64-13-19-84-21-23-86-25-26-87-24-22-85-20-14-65-55(80)36-74-15-17-75(18-16-74)61(82)44-11-12-48(47(63)28-44)70-58-59-66-33-52(45-31-68-69-32-45)76(59)35-50(71-58)42-5-6-42/h7-12,27-28,31-33,35,37-38,42,46,49,51,56,78H,5-6,13-26,29-30,34,36H2,1-4H3,(H,64,79)(H,65,80)(H,68,69)(H,70,71)(H,72,81)/t46-,49+,51+,56-/m1/s1.